The molecule has 122 valence electrons. The molecule has 0 bridgehead atoms. The van der Waals surface area contributed by atoms with Gasteiger partial charge in [0.05, 0.1) is 6.61 Å². The molecule has 2 atom stereocenters. The van der Waals surface area contributed by atoms with E-state index < -0.39 is 37.3 Å². The Balaban J connectivity index is 5.34. The summed E-state index contributed by atoms with van der Waals surface area (Å²) in [4.78, 5) is 0. The maximum absolute atomic E-state index is 13.3. The number of hydrogen-bond acceptors (Lipinski definition) is 2. The van der Waals surface area contributed by atoms with Gasteiger partial charge in [0.2, 0.25) is 0 Å². The molecule has 12 heteroatoms. The first-order valence-electron chi connectivity index (χ1n) is 4.85. The highest BCUT2D eigenvalue weighted by molar-refractivity contribution is 4.87. The largest absolute Gasteiger partial charge is 0.457 e. The van der Waals surface area contributed by atoms with Crippen LogP contribution in [-0.2, 0) is 9.47 Å². The van der Waals surface area contributed by atoms with Crippen molar-refractivity contribution < 1.29 is 53.4 Å². The van der Waals surface area contributed by atoms with Crippen LogP contribution in [0.1, 0.15) is 13.3 Å². The van der Waals surface area contributed by atoms with Crippen molar-refractivity contribution in [2.24, 2.45) is 0 Å². The van der Waals surface area contributed by atoms with Crippen molar-refractivity contribution >= 4 is 0 Å². The van der Waals surface area contributed by atoms with Crippen LogP contribution >= 0.6 is 0 Å². The van der Waals surface area contributed by atoms with Crippen molar-refractivity contribution in [3.05, 3.63) is 0 Å². The van der Waals surface area contributed by atoms with Crippen LogP contribution in [-0.4, -0.2) is 37.3 Å². The lowest BCUT2D eigenvalue weighted by Gasteiger charge is -2.34. The van der Waals surface area contributed by atoms with Gasteiger partial charge in [0.1, 0.15) is 0 Å². The maximum atomic E-state index is 13.3. The van der Waals surface area contributed by atoms with Crippen LogP contribution in [0, 0.1) is 0 Å². The third-order valence-electron chi connectivity index (χ3n) is 1.75. The molecular formula is C8H8F10O2. The van der Waals surface area contributed by atoms with Gasteiger partial charge < -0.3 is 4.74 Å². The SMILES string of the molecule is CCCOC(F)(C(F)(F)F)C(F)(F)OC(F)C(F)(F)F. The number of rotatable bonds is 6. The molecule has 0 saturated heterocycles. The van der Waals surface area contributed by atoms with Crippen LogP contribution in [0.2, 0.25) is 0 Å². The Bertz CT molecular complexity index is 311. The minimum absolute atomic E-state index is 0.365. The highest BCUT2D eigenvalue weighted by Gasteiger charge is 2.76. The Morgan fingerprint density at radius 3 is 1.65 bits per heavy atom. The Hall–Kier alpha value is -0.780. The van der Waals surface area contributed by atoms with Gasteiger partial charge in [0, 0.05) is 0 Å². The van der Waals surface area contributed by atoms with Crippen LogP contribution in [0.25, 0.3) is 0 Å². The van der Waals surface area contributed by atoms with Crippen LogP contribution in [0.3, 0.4) is 0 Å². The fourth-order valence-corrected chi connectivity index (χ4v) is 0.846. The summed E-state index contributed by atoms with van der Waals surface area (Å²) in [5.74, 6) is -5.91. The van der Waals surface area contributed by atoms with Crippen molar-refractivity contribution in [1.29, 1.82) is 0 Å². The second-order valence-electron chi connectivity index (χ2n) is 3.43. The fourth-order valence-electron chi connectivity index (χ4n) is 0.846. The van der Waals surface area contributed by atoms with Gasteiger partial charge in [-0.1, -0.05) is 6.92 Å². The quantitative estimate of drug-likeness (QED) is 0.684. The fraction of sp³-hybridized carbons (Fsp3) is 1.00. The second-order valence-corrected chi connectivity index (χ2v) is 3.43. The third-order valence-corrected chi connectivity index (χ3v) is 1.75. The molecule has 0 aromatic heterocycles. The van der Waals surface area contributed by atoms with Crippen molar-refractivity contribution in [2.75, 3.05) is 6.61 Å². The molecule has 0 aromatic carbocycles. The zero-order chi connectivity index (χ0) is 16.4. The molecule has 0 spiro atoms. The molecular weight excluding hydrogens is 318 g/mol. The van der Waals surface area contributed by atoms with Crippen LogP contribution in [0.4, 0.5) is 43.9 Å². The Kier molecular flexibility index (Phi) is 5.69. The van der Waals surface area contributed by atoms with E-state index in [1.807, 2.05) is 0 Å². The van der Waals surface area contributed by atoms with E-state index in [4.69, 9.17) is 0 Å². The van der Waals surface area contributed by atoms with Crippen LogP contribution < -0.4 is 0 Å². The van der Waals surface area contributed by atoms with Crippen molar-refractivity contribution in [1.82, 2.24) is 0 Å². The number of hydrogen-bond donors (Lipinski definition) is 0. The summed E-state index contributed by atoms with van der Waals surface area (Å²) < 4.78 is 128. The molecule has 0 N–H and O–H groups in total. The average Bonchev–Trinajstić information content (AvgIpc) is 2.21. The van der Waals surface area contributed by atoms with E-state index >= 15 is 0 Å². The van der Waals surface area contributed by atoms with Gasteiger partial charge in [-0.15, -0.1) is 0 Å². The van der Waals surface area contributed by atoms with Gasteiger partial charge in [-0.05, 0) is 6.42 Å². The Morgan fingerprint density at radius 1 is 0.900 bits per heavy atom. The predicted octanol–water partition coefficient (Wildman–Crippen LogP) is 4.11. The van der Waals surface area contributed by atoms with E-state index in [1.54, 1.807) is 0 Å². The summed E-state index contributed by atoms with van der Waals surface area (Å²) in [6.07, 6.45) is -23.9. The topological polar surface area (TPSA) is 18.5 Å². The van der Waals surface area contributed by atoms with E-state index in [0.717, 1.165) is 6.92 Å². The van der Waals surface area contributed by atoms with Crippen LogP contribution in [0.5, 0.6) is 0 Å². The van der Waals surface area contributed by atoms with Crippen LogP contribution in [0.15, 0.2) is 0 Å². The molecule has 2 unspecified atom stereocenters. The van der Waals surface area contributed by atoms with Crippen molar-refractivity contribution in [3.8, 4) is 0 Å². The zero-order valence-electron chi connectivity index (χ0n) is 9.59. The Labute approximate surface area is 105 Å². The lowest BCUT2D eigenvalue weighted by molar-refractivity contribution is -0.483. The molecule has 0 heterocycles. The van der Waals surface area contributed by atoms with Gasteiger partial charge in [-0.25, -0.2) is 4.39 Å². The first-order chi connectivity index (χ1) is 8.69. The van der Waals surface area contributed by atoms with E-state index in [-0.39, 0.29) is 6.42 Å². The molecule has 0 amide bonds. The molecule has 0 rings (SSSR count). The summed E-state index contributed by atoms with van der Waals surface area (Å²) in [7, 11) is 0. The number of ether oxygens (including phenoxy) is 2. The monoisotopic (exact) mass is 326 g/mol. The van der Waals surface area contributed by atoms with E-state index in [2.05, 4.69) is 9.47 Å². The summed E-state index contributed by atoms with van der Waals surface area (Å²) in [6.45, 7) is -0.0958. The second kappa shape index (κ2) is 5.92. The lowest BCUT2D eigenvalue weighted by atomic mass is 10.2. The molecule has 20 heavy (non-hydrogen) atoms. The summed E-state index contributed by atoms with van der Waals surface area (Å²) in [6, 6.07) is 0. The molecule has 0 aliphatic rings. The highest BCUT2D eigenvalue weighted by Crippen LogP contribution is 2.48. The summed E-state index contributed by atoms with van der Waals surface area (Å²) >= 11 is 0. The molecule has 0 saturated carbocycles. The molecule has 0 aromatic rings. The first kappa shape index (κ1) is 19.2. The minimum atomic E-state index is -6.45. The third kappa shape index (κ3) is 4.11. The molecule has 0 radical (unpaired) electrons. The predicted molar refractivity (Wildman–Crippen MR) is 43.1 cm³/mol. The number of halogens is 10. The van der Waals surface area contributed by atoms with Gasteiger partial charge in [-0.2, -0.15) is 39.5 Å². The summed E-state index contributed by atoms with van der Waals surface area (Å²) in [5, 5.41) is 0. The van der Waals surface area contributed by atoms with E-state index in [1.165, 1.54) is 0 Å². The zero-order valence-corrected chi connectivity index (χ0v) is 9.59. The highest BCUT2D eigenvalue weighted by atomic mass is 19.4. The van der Waals surface area contributed by atoms with Gasteiger partial charge in [0.15, 0.2) is 0 Å². The van der Waals surface area contributed by atoms with E-state index in [9.17, 15) is 43.9 Å². The normalized spacial score (nSPS) is 18.8. The average molecular weight is 326 g/mol. The standard InChI is InChI=1S/C8H8F10O2/c1-2-3-19-6(13,7(14,15)16)8(17,18)20-4(9)5(10,11)12/h4H,2-3H2,1H3. The van der Waals surface area contributed by atoms with Gasteiger partial charge in [0.25, 0.3) is 6.36 Å². The summed E-state index contributed by atoms with van der Waals surface area (Å²) in [5.41, 5.74) is 0. The molecule has 2 nitrogen and oxygen atoms in total. The van der Waals surface area contributed by atoms with Gasteiger partial charge >= 0.3 is 24.3 Å². The molecule has 0 aliphatic heterocycles. The maximum Gasteiger partial charge on any atom is 0.457 e. The Morgan fingerprint density at radius 2 is 1.35 bits per heavy atom. The number of alkyl halides is 10. The van der Waals surface area contributed by atoms with E-state index in [0.29, 0.717) is 0 Å². The molecule has 0 fully saturated rings. The minimum Gasteiger partial charge on any atom is -0.332 e. The van der Waals surface area contributed by atoms with Crippen molar-refractivity contribution in [3.63, 3.8) is 0 Å². The smallest absolute Gasteiger partial charge is 0.332 e. The van der Waals surface area contributed by atoms with Crippen molar-refractivity contribution in [2.45, 2.75) is 44.0 Å². The van der Waals surface area contributed by atoms with Gasteiger partial charge in [-0.3, -0.25) is 4.74 Å². The first-order valence-corrected chi connectivity index (χ1v) is 4.85. The molecule has 0 aliphatic carbocycles. The lowest BCUT2D eigenvalue weighted by Crippen LogP contribution is -2.60.